The number of ether oxygens (including phenoxy) is 1. The molecule has 24 heavy (non-hydrogen) atoms. The average molecular weight is 341 g/mol. The summed E-state index contributed by atoms with van der Waals surface area (Å²) in [6.07, 6.45) is 2.10. The van der Waals surface area contributed by atoms with Crippen LogP contribution in [0.2, 0.25) is 0 Å². The van der Waals surface area contributed by atoms with Crippen molar-refractivity contribution < 1.29 is 4.74 Å². The van der Waals surface area contributed by atoms with Gasteiger partial charge in [-0.15, -0.1) is 11.8 Å². The summed E-state index contributed by atoms with van der Waals surface area (Å²) in [6, 6.07) is 10.9. The summed E-state index contributed by atoms with van der Waals surface area (Å²) in [5.74, 6) is 0.908. The van der Waals surface area contributed by atoms with Crippen LogP contribution in [0.3, 0.4) is 0 Å². The van der Waals surface area contributed by atoms with Crippen LogP contribution in [0, 0.1) is 0 Å². The number of rotatable bonds is 3. The van der Waals surface area contributed by atoms with Gasteiger partial charge < -0.3 is 20.7 Å². The van der Waals surface area contributed by atoms with Gasteiger partial charge in [0.15, 0.2) is 0 Å². The molecule has 0 aliphatic carbocycles. The maximum atomic E-state index is 5.61. The third-order valence-electron chi connectivity index (χ3n) is 4.96. The Morgan fingerprint density at radius 3 is 2.54 bits per heavy atom. The molecule has 0 saturated heterocycles. The Morgan fingerprint density at radius 1 is 1.08 bits per heavy atom. The van der Waals surface area contributed by atoms with Gasteiger partial charge in [0.1, 0.15) is 11.9 Å². The van der Waals surface area contributed by atoms with Crippen LogP contribution in [0.5, 0.6) is 5.75 Å². The van der Waals surface area contributed by atoms with Crippen molar-refractivity contribution in [2.24, 2.45) is 0 Å². The van der Waals surface area contributed by atoms with Gasteiger partial charge >= 0.3 is 0 Å². The number of benzene rings is 2. The number of anilines is 3. The van der Waals surface area contributed by atoms with E-state index in [1.165, 1.54) is 16.1 Å². The van der Waals surface area contributed by atoms with E-state index in [0.717, 1.165) is 29.2 Å². The molecule has 0 radical (unpaired) electrons. The number of hydrogen-bond acceptors (Lipinski definition) is 5. The number of methoxy groups -OCH3 is 1. The Kier molecular flexibility index (Phi) is 3.57. The molecule has 0 aromatic heterocycles. The van der Waals surface area contributed by atoms with Gasteiger partial charge in [0.05, 0.1) is 18.5 Å². The van der Waals surface area contributed by atoms with Gasteiger partial charge in [-0.2, -0.15) is 0 Å². The first-order valence-corrected chi connectivity index (χ1v) is 9.42. The standard InChI is InChI=1S/C19H23N3OS/c1-19(2)10-20-14-9-16-15(8-13(14)19)21-18(22-16)12-6-5-11(24-4)7-17(12)23-3/h5-9,18,20-22H,10H2,1-4H3. The van der Waals surface area contributed by atoms with Gasteiger partial charge in [-0.3, -0.25) is 0 Å². The molecule has 2 aromatic rings. The highest BCUT2D eigenvalue weighted by Gasteiger charge is 2.33. The van der Waals surface area contributed by atoms with E-state index < -0.39 is 0 Å². The SMILES string of the molecule is COc1cc(SC)ccc1C1Nc2cc3c(cc2N1)C(C)(C)CN3. The summed E-state index contributed by atoms with van der Waals surface area (Å²) in [7, 11) is 1.73. The molecular formula is C19H23N3OS. The summed E-state index contributed by atoms with van der Waals surface area (Å²) in [5.41, 5.74) is 6.20. The van der Waals surface area contributed by atoms with Crippen LogP contribution in [0.25, 0.3) is 0 Å². The normalized spacial score (nSPS) is 19.8. The molecule has 0 spiro atoms. The average Bonchev–Trinajstić information content (AvgIpc) is 3.13. The fourth-order valence-electron chi connectivity index (χ4n) is 3.52. The lowest BCUT2D eigenvalue weighted by Gasteiger charge is -2.18. The Labute approximate surface area is 147 Å². The van der Waals surface area contributed by atoms with Gasteiger partial charge in [-0.1, -0.05) is 19.9 Å². The number of hydrogen-bond donors (Lipinski definition) is 3. The van der Waals surface area contributed by atoms with Gasteiger partial charge in [0.25, 0.3) is 0 Å². The predicted molar refractivity (Wildman–Crippen MR) is 103 cm³/mol. The summed E-state index contributed by atoms with van der Waals surface area (Å²) >= 11 is 1.72. The minimum absolute atomic E-state index is 0.0245. The maximum Gasteiger partial charge on any atom is 0.127 e. The Morgan fingerprint density at radius 2 is 1.83 bits per heavy atom. The van der Waals surface area contributed by atoms with Crippen molar-refractivity contribution in [1.82, 2.24) is 0 Å². The van der Waals surface area contributed by atoms with Crippen LogP contribution >= 0.6 is 11.8 Å². The molecular weight excluding hydrogens is 318 g/mol. The number of fused-ring (bicyclic) bond motifs is 2. The molecule has 2 aromatic carbocycles. The lowest BCUT2D eigenvalue weighted by atomic mass is 9.86. The lowest BCUT2D eigenvalue weighted by molar-refractivity contribution is 0.407. The van der Waals surface area contributed by atoms with E-state index in [1.807, 2.05) is 0 Å². The minimum atomic E-state index is 0.0245. The zero-order valence-corrected chi connectivity index (χ0v) is 15.3. The van der Waals surface area contributed by atoms with E-state index in [4.69, 9.17) is 4.74 Å². The number of thioether (sulfide) groups is 1. The zero-order chi connectivity index (χ0) is 16.9. The Bertz CT molecular complexity index is 803. The van der Waals surface area contributed by atoms with Gasteiger partial charge in [0.2, 0.25) is 0 Å². The van der Waals surface area contributed by atoms with Crippen molar-refractivity contribution in [2.75, 3.05) is 35.9 Å². The van der Waals surface area contributed by atoms with Crippen LogP contribution in [0.1, 0.15) is 31.1 Å². The second-order valence-electron chi connectivity index (χ2n) is 7.01. The Balaban J connectivity index is 1.67. The molecule has 0 fully saturated rings. The lowest BCUT2D eigenvalue weighted by Crippen LogP contribution is -2.19. The van der Waals surface area contributed by atoms with Gasteiger partial charge in [0, 0.05) is 28.1 Å². The highest BCUT2D eigenvalue weighted by atomic mass is 32.2. The largest absolute Gasteiger partial charge is 0.496 e. The first-order chi connectivity index (χ1) is 11.5. The van der Waals surface area contributed by atoms with Crippen molar-refractivity contribution in [1.29, 1.82) is 0 Å². The van der Waals surface area contributed by atoms with Crippen molar-refractivity contribution in [3.05, 3.63) is 41.5 Å². The topological polar surface area (TPSA) is 45.3 Å². The van der Waals surface area contributed by atoms with Gasteiger partial charge in [-0.05, 0) is 36.1 Å². The van der Waals surface area contributed by atoms with E-state index in [9.17, 15) is 0 Å². The van der Waals surface area contributed by atoms with Crippen molar-refractivity contribution >= 4 is 28.8 Å². The minimum Gasteiger partial charge on any atom is -0.496 e. The molecule has 2 aliphatic heterocycles. The van der Waals surface area contributed by atoms with E-state index in [1.54, 1.807) is 18.9 Å². The molecule has 126 valence electrons. The summed E-state index contributed by atoms with van der Waals surface area (Å²) in [6.45, 7) is 5.54. The molecule has 1 unspecified atom stereocenters. The van der Waals surface area contributed by atoms with Crippen LogP contribution in [-0.4, -0.2) is 19.9 Å². The fraction of sp³-hybridized carbons (Fsp3) is 0.368. The Hall–Kier alpha value is -2.01. The first-order valence-electron chi connectivity index (χ1n) is 8.19. The van der Waals surface area contributed by atoms with Crippen LogP contribution in [0.4, 0.5) is 17.1 Å². The second-order valence-corrected chi connectivity index (χ2v) is 7.89. The molecule has 5 heteroatoms. The van der Waals surface area contributed by atoms with Crippen LogP contribution < -0.4 is 20.7 Å². The molecule has 3 N–H and O–H groups in total. The van der Waals surface area contributed by atoms with E-state index >= 15 is 0 Å². The molecule has 4 nitrogen and oxygen atoms in total. The molecule has 1 atom stereocenters. The first kappa shape index (κ1) is 15.5. The van der Waals surface area contributed by atoms with Crippen LogP contribution in [0.15, 0.2) is 35.2 Å². The summed E-state index contributed by atoms with van der Waals surface area (Å²) in [4.78, 5) is 1.20. The molecule has 2 aliphatic rings. The van der Waals surface area contributed by atoms with E-state index in [2.05, 4.69) is 66.4 Å². The van der Waals surface area contributed by atoms with Gasteiger partial charge in [-0.25, -0.2) is 0 Å². The van der Waals surface area contributed by atoms with E-state index in [-0.39, 0.29) is 11.6 Å². The third-order valence-corrected chi connectivity index (χ3v) is 5.68. The second kappa shape index (κ2) is 5.52. The molecule has 4 rings (SSSR count). The molecule has 0 bridgehead atoms. The third kappa shape index (κ3) is 2.38. The summed E-state index contributed by atoms with van der Waals surface area (Å²) in [5, 5.41) is 10.7. The smallest absolute Gasteiger partial charge is 0.127 e. The highest BCUT2D eigenvalue weighted by Crippen LogP contribution is 2.46. The predicted octanol–water partition coefficient (Wildman–Crippen LogP) is 4.66. The highest BCUT2D eigenvalue weighted by molar-refractivity contribution is 7.98. The summed E-state index contributed by atoms with van der Waals surface area (Å²) < 4.78 is 5.61. The van der Waals surface area contributed by atoms with Crippen LogP contribution in [-0.2, 0) is 5.41 Å². The quantitative estimate of drug-likeness (QED) is 0.709. The van der Waals surface area contributed by atoms with Crippen molar-refractivity contribution in [3.63, 3.8) is 0 Å². The zero-order valence-electron chi connectivity index (χ0n) is 14.5. The monoisotopic (exact) mass is 341 g/mol. The molecule has 0 amide bonds. The van der Waals surface area contributed by atoms with Crippen molar-refractivity contribution in [3.8, 4) is 5.75 Å². The van der Waals surface area contributed by atoms with E-state index in [0.29, 0.717) is 0 Å². The number of nitrogens with one attached hydrogen (secondary N) is 3. The molecule has 0 saturated carbocycles. The fourth-order valence-corrected chi connectivity index (χ4v) is 3.94. The maximum absolute atomic E-state index is 5.61. The van der Waals surface area contributed by atoms with Crippen molar-refractivity contribution in [2.45, 2.75) is 30.3 Å². The molecule has 2 heterocycles.